The predicted molar refractivity (Wildman–Crippen MR) is 131 cm³/mol. The quantitative estimate of drug-likeness (QED) is 0.467. The Labute approximate surface area is 194 Å². The number of anilines is 2. The number of aromatic nitrogens is 3. The van der Waals surface area contributed by atoms with Crippen LogP contribution in [0.5, 0.6) is 0 Å². The molecule has 33 heavy (non-hydrogen) atoms. The highest BCUT2D eigenvalue weighted by Crippen LogP contribution is 2.31. The van der Waals surface area contributed by atoms with Gasteiger partial charge in [-0.25, -0.2) is 9.67 Å². The number of carbonyl (C=O) groups excluding carboxylic acids is 2. The Balaban J connectivity index is 1.66. The molecule has 0 saturated carbocycles. The molecule has 168 valence electrons. The molecule has 0 atom stereocenters. The second-order valence-electron chi connectivity index (χ2n) is 7.85. The van der Waals surface area contributed by atoms with Crippen molar-refractivity contribution in [3.05, 3.63) is 69.0 Å². The largest absolute Gasteiger partial charge is 0.326 e. The third kappa shape index (κ3) is 4.83. The number of amides is 2. The Kier molecular flexibility index (Phi) is 6.06. The molecule has 0 aliphatic carbocycles. The van der Waals surface area contributed by atoms with Crippen LogP contribution in [-0.4, -0.2) is 26.6 Å². The third-order valence-corrected chi connectivity index (χ3v) is 6.00. The fourth-order valence-electron chi connectivity index (χ4n) is 3.61. The number of hydrogen-bond acceptors (Lipinski definition) is 6. The van der Waals surface area contributed by atoms with Crippen molar-refractivity contribution < 1.29 is 9.59 Å². The van der Waals surface area contributed by atoms with Crippen LogP contribution in [0.4, 0.5) is 11.4 Å². The summed E-state index contributed by atoms with van der Waals surface area (Å²) in [7, 11) is 0. The van der Waals surface area contributed by atoms with Gasteiger partial charge in [-0.15, -0.1) is 11.3 Å². The summed E-state index contributed by atoms with van der Waals surface area (Å²) in [6.07, 6.45) is 0. The van der Waals surface area contributed by atoms with Gasteiger partial charge in [0.1, 0.15) is 12.2 Å². The number of benzene rings is 2. The molecule has 4 rings (SSSR count). The summed E-state index contributed by atoms with van der Waals surface area (Å²) in [5.74, 6) is -0.570. The van der Waals surface area contributed by atoms with Crippen LogP contribution >= 0.6 is 11.3 Å². The average molecular weight is 462 g/mol. The maximum Gasteiger partial charge on any atom is 0.294 e. The van der Waals surface area contributed by atoms with Gasteiger partial charge in [0.25, 0.3) is 5.56 Å². The van der Waals surface area contributed by atoms with Crippen molar-refractivity contribution in [2.24, 2.45) is 0 Å². The van der Waals surface area contributed by atoms with E-state index in [1.807, 2.05) is 32.9 Å². The maximum atomic E-state index is 13.0. The van der Waals surface area contributed by atoms with Gasteiger partial charge < -0.3 is 10.6 Å². The van der Waals surface area contributed by atoms with Gasteiger partial charge in [-0.2, -0.15) is 5.10 Å². The molecule has 0 aliphatic heterocycles. The molecule has 2 aromatic carbocycles. The first kappa shape index (κ1) is 22.3. The van der Waals surface area contributed by atoms with E-state index >= 15 is 0 Å². The second-order valence-corrected chi connectivity index (χ2v) is 9.05. The third-order valence-electron chi connectivity index (χ3n) is 5.03. The highest BCUT2D eigenvalue weighted by molar-refractivity contribution is 7.19. The van der Waals surface area contributed by atoms with Crippen molar-refractivity contribution in [1.29, 1.82) is 0 Å². The van der Waals surface area contributed by atoms with Gasteiger partial charge in [-0.1, -0.05) is 23.8 Å². The molecule has 0 unspecified atom stereocenters. The average Bonchev–Trinajstić information content (AvgIpc) is 3.14. The summed E-state index contributed by atoms with van der Waals surface area (Å²) < 4.78 is 1.88. The van der Waals surface area contributed by atoms with Crippen LogP contribution in [-0.2, 0) is 16.1 Å². The van der Waals surface area contributed by atoms with Crippen LogP contribution in [0.3, 0.4) is 0 Å². The summed E-state index contributed by atoms with van der Waals surface area (Å²) in [6, 6.07) is 12.8. The molecular weight excluding hydrogens is 438 g/mol. The van der Waals surface area contributed by atoms with Crippen LogP contribution in [0.1, 0.15) is 23.1 Å². The second kappa shape index (κ2) is 8.95. The summed E-state index contributed by atoms with van der Waals surface area (Å²) in [5, 5.41) is 10.8. The fraction of sp³-hybridized carbons (Fsp3) is 0.208. The van der Waals surface area contributed by atoms with E-state index in [4.69, 9.17) is 0 Å². The van der Waals surface area contributed by atoms with Crippen molar-refractivity contribution >= 4 is 44.7 Å². The minimum Gasteiger partial charge on any atom is -0.326 e. The van der Waals surface area contributed by atoms with E-state index in [0.717, 1.165) is 31.1 Å². The van der Waals surface area contributed by atoms with E-state index in [9.17, 15) is 14.4 Å². The van der Waals surface area contributed by atoms with Crippen LogP contribution in [0, 0.1) is 20.8 Å². The van der Waals surface area contributed by atoms with Crippen LogP contribution in [0.2, 0.25) is 0 Å². The number of nitrogens with zero attached hydrogens (tertiary/aromatic N) is 3. The summed E-state index contributed by atoms with van der Waals surface area (Å²) >= 11 is 1.42. The smallest absolute Gasteiger partial charge is 0.294 e. The zero-order chi connectivity index (χ0) is 23.7. The number of rotatable bonds is 5. The van der Waals surface area contributed by atoms with Crippen molar-refractivity contribution in [1.82, 2.24) is 14.8 Å². The molecule has 2 amide bonds. The van der Waals surface area contributed by atoms with Crippen LogP contribution in [0.25, 0.3) is 21.5 Å². The Morgan fingerprint density at radius 2 is 1.67 bits per heavy atom. The van der Waals surface area contributed by atoms with E-state index in [1.54, 1.807) is 24.3 Å². The monoisotopic (exact) mass is 461 g/mol. The van der Waals surface area contributed by atoms with Gasteiger partial charge in [0.2, 0.25) is 11.8 Å². The molecule has 2 N–H and O–H groups in total. The number of fused-ring (bicyclic) bond motifs is 1. The SMILES string of the molecule is CC(=O)Nc1ccc(NC(=O)Cn2nc(-c3ccc(C)cc3C)c3sc(C)nc3c2=O)cc1. The van der Waals surface area contributed by atoms with Crippen molar-refractivity contribution in [3.63, 3.8) is 0 Å². The Morgan fingerprint density at radius 3 is 2.30 bits per heavy atom. The van der Waals surface area contributed by atoms with Crippen LogP contribution < -0.4 is 16.2 Å². The first-order valence-corrected chi connectivity index (χ1v) is 11.2. The van der Waals surface area contributed by atoms with Crippen molar-refractivity contribution in [2.45, 2.75) is 34.2 Å². The first-order valence-electron chi connectivity index (χ1n) is 10.3. The molecule has 0 spiro atoms. The van der Waals surface area contributed by atoms with E-state index < -0.39 is 11.5 Å². The summed E-state index contributed by atoms with van der Waals surface area (Å²) in [5.41, 5.74) is 4.78. The van der Waals surface area contributed by atoms with Gasteiger partial charge in [-0.3, -0.25) is 14.4 Å². The van der Waals surface area contributed by atoms with Gasteiger partial charge in [0, 0.05) is 23.9 Å². The first-order chi connectivity index (χ1) is 15.7. The molecule has 0 saturated heterocycles. The lowest BCUT2D eigenvalue weighted by Gasteiger charge is -2.11. The topological polar surface area (TPSA) is 106 Å². The molecule has 0 aliphatic rings. The highest BCUT2D eigenvalue weighted by atomic mass is 32.1. The minimum atomic E-state index is -0.404. The minimum absolute atomic E-state index is 0.176. The van der Waals surface area contributed by atoms with Crippen LogP contribution in [0.15, 0.2) is 47.3 Å². The molecule has 0 radical (unpaired) electrons. The molecule has 0 bridgehead atoms. The Bertz CT molecular complexity index is 1440. The van der Waals surface area contributed by atoms with E-state index in [1.165, 1.54) is 18.3 Å². The standard InChI is InChI=1S/C24H23N5O3S/c1-13-5-10-19(14(2)11-13)21-23-22(26-16(4)33-23)24(32)29(28-21)12-20(31)27-18-8-6-17(7-9-18)25-15(3)30/h5-11H,12H2,1-4H3,(H,25,30)(H,27,31). The predicted octanol–water partition coefficient (Wildman–Crippen LogP) is 4.04. The van der Waals surface area contributed by atoms with Crippen molar-refractivity contribution in [3.8, 4) is 11.3 Å². The number of aryl methyl sites for hydroxylation is 3. The zero-order valence-electron chi connectivity index (χ0n) is 18.7. The highest BCUT2D eigenvalue weighted by Gasteiger charge is 2.19. The molecule has 0 fully saturated rings. The normalized spacial score (nSPS) is 10.9. The van der Waals surface area contributed by atoms with Gasteiger partial charge >= 0.3 is 0 Å². The Hall–Kier alpha value is -3.85. The number of thiazole rings is 1. The molecule has 2 heterocycles. The summed E-state index contributed by atoms with van der Waals surface area (Å²) in [6.45, 7) is 7.03. The number of carbonyl (C=O) groups is 2. The molecule has 2 aromatic heterocycles. The van der Waals surface area contributed by atoms with Gasteiger partial charge in [-0.05, 0) is 50.6 Å². The fourth-order valence-corrected chi connectivity index (χ4v) is 4.52. The Morgan fingerprint density at radius 1 is 1.00 bits per heavy atom. The lowest BCUT2D eigenvalue weighted by atomic mass is 10.0. The molecule has 9 heteroatoms. The van der Waals surface area contributed by atoms with Gasteiger partial charge in [0.15, 0.2) is 5.52 Å². The number of hydrogen-bond donors (Lipinski definition) is 2. The van der Waals surface area contributed by atoms with E-state index in [2.05, 4.69) is 26.8 Å². The number of nitrogens with one attached hydrogen (secondary N) is 2. The lowest BCUT2D eigenvalue weighted by molar-refractivity contribution is -0.117. The molecule has 4 aromatic rings. The maximum absolute atomic E-state index is 13.0. The van der Waals surface area contributed by atoms with E-state index in [-0.39, 0.29) is 12.5 Å². The van der Waals surface area contributed by atoms with Crippen molar-refractivity contribution in [2.75, 3.05) is 10.6 Å². The molecule has 8 nitrogen and oxygen atoms in total. The zero-order valence-corrected chi connectivity index (χ0v) is 19.5. The molecular formula is C24H23N5O3S. The van der Waals surface area contributed by atoms with E-state index in [0.29, 0.717) is 22.6 Å². The summed E-state index contributed by atoms with van der Waals surface area (Å²) in [4.78, 5) is 41.3. The lowest BCUT2D eigenvalue weighted by Crippen LogP contribution is -2.30. The van der Waals surface area contributed by atoms with Gasteiger partial charge in [0.05, 0.1) is 9.71 Å².